The van der Waals surface area contributed by atoms with Crippen LogP contribution in [0.1, 0.15) is 245 Å². The van der Waals surface area contributed by atoms with Crippen molar-refractivity contribution in [3.63, 3.8) is 0 Å². The fourth-order valence-electron chi connectivity index (χ4n) is 12.2. The fraction of sp³-hybridized carbons (Fsp3) is 0.738. The second kappa shape index (κ2) is 59.6. The molecule has 0 aromatic heterocycles. The van der Waals surface area contributed by atoms with Gasteiger partial charge >= 0.3 is 0 Å². The molecular formula is C80H135NO18. The van der Waals surface area contributed by atoms with Gasteiger partial charge in [-0.25, -0.2) is 0 Å². The summed E-state index contributed by atoms with van der Waals surface area (Å²) in [6.07, 6.45) is 55.6. The van der Waals surface area contributed by atoms with E-state index in [1.54, 1.807) is 0 Å². The molecule has 3 heterocycles. The van der Waals surface area contributed by atoms with Crippen LogP contribution in [0.5, 0.6) is 0 Å². The third-order valence-corrected chi connectivity index (χ3v) is 18.3. The highest BCUT2D eigenvalue weighted by atomic mass is 16.8. The van der Waals surface area contributed by atoms with Gasteiger partial charge in [0.2, 0.25) is 5.91 Å². The van der Waals surface area contributed by atoms with Crippen molar-refractivity contribution >= 4 is 5.91 Å². The molecule has 3 fully saturated rings. The molecule has 17 atom stereocenters. The van der Waals surface area contributed by atoms with Crippen molar-refractivity contribution in [3.8, 4) is 0 Å². The molecule has 0 aromatic carbocycles. The Bertz CT molecular complexity index is 2260. The van der Waals surface area contributed by atoms with E-state index in [-0.39, 0.29) is 18.9 Å². The van der Waals surface area contributed by atoms with E-state index in [2.05, 4.69) is 141 Å². The Balaban J connectivity index is 1.34. The molecule has 0 aliphatic carbocycles. The molecular weight excluding hydrogens is 1260 g/mol. The van der Waals surface area contributed by atoms with Crippen molar-refractivity contribution in [2.75, 3.05) is 26.4 Å². The van der Waals surface area contributed by atoms with Gasteiger partial charge < -0.3 is 89.9 Å². The topological polar surface area (TPSA) is 307 Å². The third-order valence-electron chi connectivity index (χ3n) is 18.3. The quantitative estimate of drug-likeness (QED) is 0.0199. The van der Waals surface area contributed by atoms with Crippen LogP contribution in [0.3, 0.4) is 0 Å². The van der Waals surface area contributed by atoms with Gasteiger partial charge in [0.1, 0.15) is 73.2 Å². The fourth-order valence-corrected chi connectivity index (χ4v) is 12.2. The lowest BCUT2D eigenvalue weighted by molar-refractivity contribution is -0.379. The first-order valence-corrected chi connectivity index (χ1v) is 38.3. The van der Waals surface area contributed by atoms with Gasteiger partial charge in [0.25, 0.3) is 0 Å². The minimum atomic E-state index is -1.98. The minimum Gasteiger partial charge on any atom is -0.394 e. The van der Waals surface area contributed by atoms with E-state index in [0.29, 0.717) is 12.8 Å². The predicted octanol–water partition coefficient (Wildman–Crippen LogP) is 11.9. The van der Waals surface area contributed by atoms with Gasteiger partial charge in [-0.05, 0) is 89.9 Å². The number of unbranched alkanes of at least 4 members (excludes halogenated alkanes) is 22. The Hall–Kier alpha value is -3.81. The van der Waals surface area contributed by atoms with E-state index in [0.717, 1.165) is 128 Å². The number of hydrogen-bond acceptors (Lipinski definition) is 18. The molecule has 17 unspecified atom stereocenters. The van der Waals surface area contributed by atoms with Crippen molar-refractivity contribution < 1.29 is 89.4 Å². The van der Waals surface area contributed by atoms with Crippen LogP contribution in [-0.4, -0.2) is 193 Å². The average molecular weight is 1400 g/mol. The van der Waals surface area contributed by atoms with Crippen LogP contribution in [0.15, 0.2) is 122 Å². The Morgan fingerprint density at radius 3 is 1.09 bits per heavy atom. The molecule has 0 radical (unpaired) electrons. The lowest BCUT2D eigenvalue weighted by atomic mass is 9.96. The molecule has 0 bridgehead atoms. The largest absolute Gasteiger partial charge is 0.394 e. The zero-order chi connectivity index (χ0) is 71.8. The number of carbonyl (C=O) groups is 1. The molecule has 3 rings (SSSR count). The van der Waals surface area contributed by atoms with E-state index in [1.165, 1.54) is 83.5 Å². The van der Waals surface area contributed by atoms with Crippen molar-refractivity contribution in [2.45, 2.75) is 349 Å². The van der Waals surface area contributed by atoms with E-state index in [1.807, 2.05) is 0 Å². The van der Waals surface area contributed by atoms with Crippen LogP contribution in [0.4, 0.5) is 0 Å². The molecule has 19 nitrogen and oxygen atoms in total. The van der Waals surface area contributed by atoms with Gasteiger partial charge in [-0.15, -0.1) is 0 Å². The molecule has 568 valence electrons. The zero-order valence-electron chi connectivity index (χ0n) is 60.4. The zero-order valence-corrected chi connectivity index (χ0v) is 60.4. The lowest BCUT2D eigenvalue weighted by Crippen LogP contribution is -2.66. The van der Waals surface area contributed by atoms with Crippen LogP contribution in [0, 0.1) is 0 Å². The number of aliphatic hydroxyl groups is 11. The van der Waals surface area contributed by atoms with Crippen molar-refractivity contribution in [1.29, 1.82) is 0 Å². The molecule has 0 spiro atoms. The van der Waals surface area contributed by atoms with Crippen molar-refractivity contribution in [1.82, 2.24) is 5.32 Å². The molecule has 1 amide bonds. The summed E-state index contributed by atoms with van der Waals surface area (Å²) >= 11 is 0. The summed E-state index contributed by atoms with van der Waals surface area (Å²) < 4.78 is 34.4. The minimum absolute atomic E-state index is 0.249. The number of carbonyl (C=O) groups excluding carboxylic acids is 1. The Morgan fingerprint density at radius 2 is 0.697 bits per heavy atom. The first-order chi connectivity index (χ1) is 48.3. The van der Waals surface area contributed by atoms with Gasteiger partial charge in [-0.2, -0.15) is 0 Å². The predicted molar refractivity (Wildman–Crippen MR) is 392 cm³/mol. The van der Waals surface area contributed by atoms with E-state index in [4.69, 9.17) is 28.4 Å². The second-order valence-electron chi connectivity index (χ2n) is 26.7. The van der Waals surface area contributed by atoms with Crippen molar-refractivity contribution in [3.05, 3.63) is 122 Å². The highest BCUT2D eigenvalue weighted by Gasteiger charge is 2.53. The van der Waals surface area contributed by atoms with Crippen LogP contribution in [0.2, 0.25) is 0 Å². The number of allylic oxidation sites excluding steroid dienone is 20. The highest BCUT2D eigenvalue weighted by molar-refractivity contribution is 5.76. The third kappa shape index (κ3) is 40.2. The van der Waals surface area contributed by atoms with Crippen LogP contribution in [-0.2, 0) is 33.2 Å². The number of amides is 1. The van der Waals surface area contributed by atoms with Gasteiger partial charge in [0.05, 0.1) is 38.6 Å². The van der Waals surface area contributed by atoms with Crippen LogP contribution in [0.25, 0.3) is 0 Å². The molecule has 3 aliphatic rings. The number of aliphatic hydroxyl groups excluding tert-OH is 11. The van der Waals surface area contributed by atoms with E-state index in [9.17, 15) is 61.0 Å². The summed E-state index contributed by atoms with van der Waals surface area (Å²) in [7, 11) is 0. The summed E-state index contributed by atoms with van der Waals surface area (Å²) in [5.41, 5.74) is 0. The number of ether oxygens (including phenoxy) is 6. The highest BCUT2D eigenvalue weighted by Crippen LogP contribution is 2.33. The average Bonchev–Trinajstić information content (AvgIpc) is 0.784. The summed E-state index contributed by atoms with van der Waals surface area (Å²) in [6.45, 7) is 1.67. The lowest BCUT2D eigenvalue weighted by Gasteiger charge is -2.48. The smallest absolute Gasteiger partial charge is 0.220 e. The van der Waals surface area contributed by atoms with Gasteiger partial charge in [0.15, 0.2) is 18.9 Å². The van der Waals surface area contributed by atoms with Crippen LogP contribution < -0.4 is 5.32 Å². The number of rotatable bonds is 58. The summed E-state index contributed by atoms with van der Waals surface area (Å²) in [6, 6.07) is -0.900. The standard InChI is InChI=1S/C80H135NO18/c1-3-5-7-9-11-13-15-17-19-20-21-22-23-24-25-26-27-28-29-30-31-32-33-34-35-36-37-38-39-40-41-42-44-46-48-50-52-54-56-58-68(86)81-63(64(85)57-55-53-51-49-47-45-43-18-16-14-12-10-8-6-4-2)62-94-78-74(92)71(89)76(66(60-83)96-78)99-80-75(93)72(90)77(67(61-84)97-80)98-79-73(91)70(88)69(87)65(59-82)95-79/h5,7,11,13,17,19,21-22,24-25,27-28,30-31,33-34,36-37,39-40,63-67,69-80,82-85,87-93H,3-4,6,8-10,12,14-16,18,20,23,26,29,32,35,38,41-62H2,1-2H3,(H,81,86)/b7-5-,13-11-,19-17-,22-21-,25-24-,28-27-,31-30-,34-33-,37-36-,40-39-. The Kier molecular flexibility index (Phi) is 53.8. The number of hydrogen-bond donors (Lipinski definition) is 12. The maximum atomic E-state index is 13.5. The number of nitrogens with one attached hydrogen (secondary N) is 1. The van der Waals surface area contributed by atoms with Crippen molar-refractivity contribution in [2.24, 2.45) is 0 Å². The normalized spacial score (nSPS) is 27.3. The maximum absolute atomic E-state index is 13.5. The first-order valence-electron chi connectivity index (χ1n) is 38.3. The van der Waals surface area contributed by atoms with Crippen LogP contribution >= 0.6 is 0 Å². The van der Waals surface area contributed by atoms with Gasteiger partial charge in [-0.3, -0.25) is 4.79 Å². The summed E-state index contributed by atoms with van der Waals surface area (Å²) in [4.78, 5) is 13.5. The maximum Gasteiger partial charge on any atom is 0.220 e. The molecule has 0 saturated carbocycles. The first kappa shape index (κ1) is 89.4. The molecule has 0 aromatic rings. The Morgan fingerprint density at radius 1 is 0.374 bits per heavy atom. The monoisotopic (exact) mass is 1400 g/mol. The molecule has 19 heteroatoms. The van der Waals surface area contributed by atoms with E-state index < -0.39 is 124 Å². The molecule has 3 aliphatic heterocycles. The summed E-state index contributed by atoms with van der Waals surface area (Å²) in [5, 5.41) is 121. The summed E-state index contributed by atoms with van der Waals surface area (Å²) in [5.74, 6) is -0.256. The molecule has 99 heavy (non-hydrogen) atoms. The molecule has 12 N–H and O–H groups in total. The second-order valence-corrected chi connectivity index (χ2v) is 26.7. The van der Waals surface area contributed by atoms with Gasteiger partial charge in [-0.1, -0.05) is 270 Å². The Labute approximate surface area is 595 Å². The molecule has 3 saturated heterocycles. The van der Waals surface area contributed by atoms with Gasteiger partial charge in [0, 0.05) is 6.42 Å². The SMILES string of the molecule is CC/C=C\C/C=C\C/C=C\C/C=C\C/C=C\C/C=C\C/C=C\C/C=C\C/C=C\C/C=C\CCCCCCCCCCC(=O)NC(COC1OC(CO)C(OC2OC(CO)C(OC3OC(CO)C(O)C(O)C3O)C(O)C2O)C(O)C1O)C(O)CCCCCCCCCCCCCCCCC. The van der Waals surface area contributed by atoms with E-state index >= 15 is 0 Å².